The molecule has 0 atom stereocenters. The molecule has 0 unspecified atom stereocenters. The zero-order valence-corrected chi connectivity index (χ0v) is 14.8. The number of halogens is 1. The minimum Gasteiger partial charge on any atom is -0.496 e. The molecule has 138 valence electrons. The Hall–Kier alpha value is -3.22. The number of hydrogen-bond donors (Lipinski definition) is 2. The molecule has 0 radical (unpaired) electrons. The Bertz CT molecular complexity index is 1030. The first-order valence-corrected chi connectivity index (χ1v) is 8.78. The highest BCUT2D eigenvalue weighted by molar-refractivity contribution is 6.07. The van der Waals surface area contributed by atoms with Gasteiger partial charge in [0, 0.05) is 17.0 Å². The second-order valence-corrected chi connectivity index (χ2v) is 6.58. The summed E-state index contributed by atoms with van der Waals surface area (Å²) in [6.07, 6.45) is 3.03. The van der Waals surface area contributed by atoms with E-state index in [1.54, 1.807) is 30.3 Å². The Morgan fingerprint density at radius 1 is 1.22 bits per heavy atom. The van der Waals surface area contributed by atoms with Gasteiger partial charge in [0.05, 0.1) is 18.4 Å². The van der Waals surface area contributed by atoms with E-state index in [1.165, 1.54) is 13.2 Å². The quantitative estimate of drug-likeness (QED) is 0.739. The van der Waals surface area contributed by atoms with Crippen molar-refractivity contribution in [2.75, 3.05) is 12.8 Å². The zero-order valence-electron chi connectivity index (χ0n) is 14.8. The van der Waals surface area contributed by atoms with Gasteiger partial charge in [-0.3, -0.25) is 4.79 Å². The Kier molecular flexibility index (Phi) is 4.35. The third-order valence-electron chi connectivity index (χ3n) is 4.95. The Balaban J connectivity index is 1.84. The predicted octanol–water partition coefficient (Wildman–Crippen LogP) is 3.31. The van der Waals surface area contributed by atoms with Gasteiger partial charge in [0.2, 0.25) is 0 Å². The van der Waals surface area contributed by atoms with Crippen molar-refractivity contribution < 1.29 is 13.9 Å². The summed E-state index contributed by atoms with van der Waals surface area (Å²) in [6, 6.07) is 9.99. The van der Waals surface area contributed by atoms with Crippen molar-refractivity contribution in [1.82, 2.24) is 15.5 Å². The molecular weight excluding hydrogens is 347 g/mol. The van der Waals surface area contributed by atoms with Crippen molar-refractivity contribution in [3.8, 4) is 16.9 Å². The Morgan fingerprint density at radius 2 is 2.00 bits per heavy atom. The van der Waals surface area contributed by atoms with E-state index in [-0.39, 0.29) is 28.9 Å². The van der Waals surface area contributed by atoms with Gasteiger partial charge >= 0.3 is 0 Å². The van der Waals surface area contributed by atoms with Crippen LogP contribution in [-0.2, 0) is 0 Å². The second kappa shape index (κ2) is 6.83. The normalized spacial score (nSPS) is 14.0. The number of benzene rings is 2. The maximum absolute atomic E-state index is 14.5. The number of nitrogens with two attached hydrogens (primary N) is 1. The van der Waals surface area contributed by atoms with Crippen molar-refractivity contribution in [3.63, 3.8) is 0 Å². The van der Waals surface area contributed by atoms with E-state index in [0.717, 1.165) is 19.3 Å². The summed E-state index contributed by atoms with van der Waals surface area (Å²) >= 11 is 0. The third-order valence-corrected chi connectivity index (χ3v) is 4.95. The number of nitrogens with zero attached hydrogens (tertiary/aromatic N) is 2. The van der Waals surface area contributed by atoms with Gasteiger partial charge in [-0.1, -0.05) is 24.3 Å². The number of hydrogen-bond acceptors (Lipinski definition) is 5. The summed E-state index contributed by atoms with van der Waals surface area (Å²) in [5.74, 6) is -0.385. The molecular formula is C20H19FN4O2. The molecule has 1 amide bonds. The lowest BCUT2D eigenvalue weighted by atomic mass is 9.93. The van der Waals surface area contributed by atoms with Gasteiger partial charge in [-0.2, -0.15) is 0 Å². The highest BCUT2D eigenvalue weighted by Crippen LogP contribution is 2.37. The van der Waals surface area contributed by atoms with Gasteiger partial charge in [0.25, 0.3) is 5.91 Å². The number of anilines is 1. The number of aromatic nitrogens is 2. The highest BCUT2D eigenvalue weighted by atomic mass is 19.1. The smallest absolute Gasteiger partial charge is 0.274 e. The van der Waals surface area contributed by atoms with Crippen molar-refractivity contribution in [3.05, 3.63) is 47.9 Å². The minimum absolute atomic E-state index is 0.0899. The number of rotatable bonds is 4. The SMILES string of the molecule is COc1cccc(F)c1-c1cccc2c(N)c(C(=O)NC3CCC3)nnc12. The summed E-state index contributed by atoms with van der Waals surface area (Å²) in [4.78, 5) is 12.4. The third kappa shape index (κ3) is 2.95. The fourth-order valence-electron chi connectivity index (χ4n) is 3.26. The van der Waals surface area contributed by atoms with Crippen LogP contribution in [-0.4, -0.2) is 29.3 Å². The molecule has 1 heterocycles. The average Bonchev–Trinajstić information content (AvgIpc) is 2.64. The van der Waals surface area contributed by atoms with Crippen molar-refractivity contribution in [1.29, 1.82) is 0 Å². The van der Waals surface area contributed by atoms with Crippen LogP contribution in [0.1, 0.15) is 29.8 Å². The van der Waals surface area contributed by atoms with Crippen LogP contribution in [0, 0.1) is 5.82 Å². The topological polar surface area (TPSA) is 90.1 Å². The number of amides is 1. The van der Waals surface area contributed by atoms with E-state index >= 15 is 0 Å². The Morgan fingerprint density at radius 3 is 2.70 bits per heavy atom. The number of carbonyl (C=O) groups excluding carboxylic acids is 1. The summed E-state index contributed by atoms with van der Waals surface area (Å²) < 4.78 is 19.8. The van der Waals surface area contributed by atoms with Crippen LogP contribution in [0.3, 0.4) is 0 Å². The molecule has 1 saturated carbocycles. The van der Waals surface area contributed by atoms with Crippen molar-refractivity contribution in [2.24, 2.45) is 0 Å². The molecule has 6 nitrogen and oxygen atoms in total. The van der Waals surface area contributed by atoms with Gasteiger partial charge in [-0.25, -0.2) is 4.39 Å². The molecule has 27 heavy (non-hydrogen) atoms. The summed E-state index contributed by atoms with van der Waals surface area (Å²) in [5, 5.41) is 11.7. The number of fused-ring (bicyclic) bond motifs is 1. The number of nitrogen functional groups attached to an aromatic ring is 1. The predicted molar refractivity (Wildman–Crippen MR) is 101 cm³/mol. The lowest BCUT2D eigenvalue weighted by Crippen LogP contribution is -2.40. The second-order valence-electron chi connectivity index (χ2n) is 6.58. The first-order chi connectivity index (χ1) is 13.1. The fourth-order valence-corrected chi connectivity index (χ4v) is 3.26. The maximum atomic E-state index is 14.5. The van der Waals surface area contributed by atoms with E-state index in [4.69, 9.17) is 10.5 Å². The molecule has 7 heteroatoms. The monoisotopic (exact) mass is 366 g/mol. The number of ether oxygens (including phenoxy) is 1. The molecule has 3 aromatic rings. The van der Waals surface area contributed by atoms with Crippen LogP contribution in [0.25, 0.3) is 22.0 Å². The minimum atomic E-state index is -0.436. The average molecular weight is 366 g/mol. The van der Waals surface area contributed by atoms with Crippen LogP contribution in [0.15, 0.2) is 36.4 Å². The fraction of sp³-hybridized carbons (Fsp3) is 0.250. The van der Waals surface area contributed by atoms with E-state index in [2.05, 4.69) is 15.5 Å². The van der Waals surface area contributed by atoms with E-state index in [1.807, 2.05) is 0 Å². The molecule has 1 aliphatic rings. The van der Waals surface area contributed by atoms with E-state index < -0.39 is 5.82 Å². The van der Waals surface area contributed by atoms with E-state index in [0.29, 0.717) is 22.2 Å². The highest BCUT2D eigenvalue weighted by Gasteiger charge is 2.24. The lowest BCUT2D eigenvalue weighted by Gasteiger charge is -2.26. The van der Waals surface area contributed by atoms with Crippen LogP contribution in [0.5, 0.6) is 5.75 Å². The van der Waals surface area contributed by atoms with Crippen LogP contribution in [0.2, 0.25) is 0 Å². The molecule has 1 fully saturated rings. The largest absolute Gasteiger partial charge is 0.496 e. The molecule has 0 bridgehead atoms. The van der Waals surface area contributed by atoms with Gasteiger partial charge in [0.15, 0.2) is 5.69 Å². The zero-order chi connectivity index (χ0) is 19.0. The number of carbonyl (C=O) groups is 1. The van der Waals surface area contributed by atoms with Crippen LogP contribution < -0.4 is 15.8 Å². The molecule has 4 rings (SSSR count). The van der Waals surface area contributed by atoms with E-state index in [9.17, 15) is 9.18 Å². The summed E-state index contributed by atoms with van der Waals surface area (Å²) in [5.41, 5.74) is 7.75. The van der Waals surface area contributed by atoms with Gasteiger partial charge in [-0.15, -0.1) is 10.2 Å². The van der Waals surface area contributed by atoms with Crippen molar-refractivity contribution >= 4 is 22.5 Å². The van der Waals surface area contributed by atoms with Crippen LogP contribution in [0.4, 0.5) is 10.1 Å². The van der Waals surface area contributed by atoms with Gasteiger partial charge in [-0.05, 0) is 31.4 Å². The van der Waals surface area contributed by atoms with Crippen LogP contribution >= 0.6 is 0 Å². The maximum Gasteiger partial charge on any atom is 0.274 e. The first kappa shape index (κ1) is 17.2. The molecule has 0 aliphatic heterocycles. The van der Waals surface area contributed by atoms with Gasteiger partial charge < -0.3 is 15.8 Å². The van der Waals surface area contributed by atoms with Gasteiger partial charge in [0.1, 0.15) is 17.1 Å². The number of nitrogens with one attached hydrogen (secondary N) is 1. The molecule has 3 N–H and O–H groups in total. The molecule has 0 saturated heterocycles. The summed E-state index contributed by atoms with van der Waals surface area (Å²) in [6.45, 7) is 0. The first-order valence-electron chi connectivity index (χ1n) is 8.78. The molecule has 2 aromatic carbocycles. The Labute approximate surface area is 155 Å². The molecule has 1 aromatic heterocycles. The molecule has 0 spiro atoms. The molecule has 1 aliphatic carbocycles. The lowest BCUT2D eigenvalue weighted by molar-refractivity contribution is 0.0912. The standard InChI is InChI=1S/C20H19FN4O2/c1-27-15-10-4-9-14(21)16(15)12-7-3-8-13-17(22)19(25-24-18(12)13)20(26)23-11-5-2-6-11/h3-4,7-11H,2,5-6H2,1H3,(H2,22,24)(H,23,26). The number of methoxy groups -OCH3 is 1. The summed E-state index contributed by atoms with van der Waals surface area (Å²) in [7, 11) is 1.48. The van der Waals surface area contributed by atoms with Crippen molar-refractivity contribution in [2.45, 2.75) is 25.3 Å².